The molecule has 1 aliphatic heterocycles. The summed E-state index contributed by atoms with van der Waals surface area (Å²) in [5.74, 6) is 0.938. The molecule has 150 valence electrons. The Morgan fingerprint density at radius 1 is 1.15 bits per heavy atom. The van der Waals surface area contributed by atoms with Gasteiger partial charge < -0.3 is 20.4 Å². The molecule has 2 amide bonds. The van der Waals surface area contributed by atoms with Crippen molar-refractivity contribution < 1.29 is 9.59 Å². The summed E-state index contributed by atoms with van der Waals surface area (Å²) in [5.41, 5.74) is 1.76. The molecule has 8 heteroatoms. The first-order valence-corrected chi connectivity index (χ1v) is 9.15. The fourth-order valence-corrected chi connectivity index (χ4v) is 2.96. The number of rotatable bonds is 5. The lowest BCUT2D eigenvalue weighted by Crippen LogP contribution is -2.53. The predicted molar refractivity (Wildman–Crippen MR) is 119 cm³/mol. The molecule has 0 saturated carbocycles. The maximum atomic E-state index is 11.7. The summed E-state index contributed by atoms with van der Waals surface area (Å²) in [6.45, 7) is 8.15. The number of hydrogen-bond donors (Lipinski definition) is 2. The maximum absolute atomic E-state index is 11.7. The molecular formula is C19H30IN5O2. The van der Waals surface area contributed by atoms with E-state index in [9.17, 15) is 9.59 Å². The highest BCUT2D eigenvalue weighted by molar-refractivity contribution is 14.0. The Labute approximate surface area is 178 Å². The van der Waals surface area contributed by atoms with Crippen molar-refractivity contribution in [3.63, 3.8) is 0 Å². The lowest BCUT2D eigenvalue weighted by molar-refractivity contribution is -0.130. The van der Waals surface area contributed by atoms with E-state index in [-0.39, 0.29) is 35.8 Å². The van der Waals surface area contributed by atoms with Gasteiger partial charge in [0.2, 0.25) is 5.91 Å². The van der Waals surface area contributed by atoms with Crippen LogP contribution in [-0.2, 0) is 11.2 Å². The zero-order valence-electron chi connectivity index (χ0n) is 16.3. The lowest BCUT2D eigenvalue weighted by Gasteiger charge is -2.36. The number of hydrogen-bond acceptors (Lipinski definition) is 3. The standard InChI is InChI=1S/C19H29N5O2.HI/c1-4-21-19(24-12-10-23(11-13-24)15(2)25)22-9-8-16-6-5-7-17(14-16)18(26)20-3;/h5-7,14H,4,8-13H2,1-3H3,(H,20,26)(H,21,22);1H. The van der Waals surface area contributed by atoms with Crippen LogP contribution in [0.25, 0.3) is 0 Å². The Bertz CT molecular complexity index is 657. The quantitative estimate of drug-likeness (QED) is 0.374. The van der Waals surface area contributed by atoms with Crippen molar-refractivity contribution in [3.8, 4) is 0 Å². The van der Waals surface area contributed by atoms with Gasteiger partial charge in [-0.2, -0.15) is 0 Å². The fourth-order valence-electron chi connectivity index (χ4n) is 2.96. The Hall–Kier alpha value is -1.84. The van der Waals surface area contributed by atoms with Gasteiger partial charge in [-0.15, -0.1) is 24.0 Å². The van der Waals surface area contributed by atoms with Gasteiger partial charge in [-0.3, -0.25) is 14.6 Å². The summed E-state index contributed by atoms with van der Waals surface area (Å²) >= 11 is 0. The molecular weight excluding hydrogens is 457 g/mol. The number of nitrogens with zero attached hydrogens (tertiary/aromatic N) is 3. The number of guanidine groups is 1. The predicted octanol–water partition coefficient (Wildman–Crippen LogP) is 1.34. The normalized spacial score (nSPS) is 14.4. The minimum absolute atomic E-state index is 0. The second-order valence-electron chi connectivity index (χ2n) is 6.26. The van der Waals surface area contributed by atoms with Gasteiger partial charge in [0.15, 0.2) is 5.96 Å². The molecule has 1 aromatic carbocycles. The van der Waals surface area contributed by atoms with Crippen molar-refractivity contribution in [2.75, 3.05) is 46.3 Å². The molecule has 27 heavy (non-hydrogen) atoms. The first-order chi connectivity index (χ1) is 12.5. The van der Waals surface area contributed by atoms with Crippen molar-refractivity contribution in [1.29, 1.82) is 0 Å². The van der Waals surface area contributed by atoms with E-state index in [1.54, 1.807) is 14.0 Å². The van der Waals surface area contributed by atoms with Crippen LogP contribution in [0.4, 0.5) is 0 Å². The van der Waals surface area contributed by atoms with Gasteiger partial charge >= 0.3 is 0 Å². The molecule has 0 aliphatic carbocycles. The number of halogens is 1. The van der Waals surface area contributed by atoms with Crippen molar-refractivity contribution >= 4 is 41.8 Å². The SMILES string of the molecule is CCNC(=NCCc1cccc(C(=O)NC)c1)N1CCN(C(C)=O)CC1.I. The summed E-state index contributed by atoms with van der Waals surface area (Å²) in [6.07, 6.45) is 0.771. The lowest BCUT2D eigenvalue weighted by atomic mass is 10.1. The van der Waals surface area contributed by atoms with Gasteiger partial charge in [-0.05, 0) is 31.0 Å². The van der Waals surface area contributed by atoms with E-state index in [0.29, 0.717) is 12.1 Å². The van der Waals surface area contributed by atoms with E-state index in [2.05, 4.69) is 15.5 Å². The number of carbonyl (C=O) groups excluding carboxylic acids is 2. The summed E-state index contributed by atoms with van der Waals surface area (Å²) in [6, 6.07) is 7.63. The second kappa shape index (κ2) is 11.8. The van der Waals surface area contributed by atoms with Gasteiger partial charge in [-0.25, -0.2) is 0 Å². The van der Waals surface area contributed by atoms with Crippen LogP contribution in [-0.4, -0.2) is 73.9 Å². The minimum Gasteiger partial charge on any atom is -0.357 e. The molecule has 0 atom stereocenters. The van der Waals surface area contributed by atoms with Crippen LogP contribution in [0, 0.1) is 0 Å². The largest absolute Gasteiger partial charge is 0.357 e. The smallest absolute Gasteiger partial charge is 0.251 e. The number of carbonyl (C=O) groups is 2. The molecule has 7 nitrogen and oxygen atoms in total. The van der Waals surface area contributed by atoms with E-state index in [4.69, 9.17) is 4.99 Å². The number of amides is 2. The zero-order valence-corrected chi connectivity index (χ0v) is 18.7. The maximum Gasteiger partial charge on any atom is 0.251 e. The topological polar surface area (TPSA) is 77.0 Å². The summed E-state index contributed by atoms with van der Waals surface area (Å²) in [7, 11) is 1.63. The summed E-state index contributed by atoms with van der Waals surface area (Å²) < 4.78 is 0. The molecule has 1 saturated heterocycles. The highest BCUT2D eigenvalue weighted by Gasteiger charge is 2.20. The molecule has 1 aromatic rings. The third-order valence-corrected chi connectivity index (χ3v) is 4.44. The molecule has 0 unspecified atom stereocenters. The Morgan fingerprint density at radius 3 is 2.41 bits per heavy atom. The van der Waals surface area contributed by atoms with Gasteiger partial charge in [-0.1, -0.05) is 12.1 Å². The summed E-state index contributed by atoms with van der Waals surface area (Å²) in [4.78, 5) is 32.0. The molecule has 1 heterocycles. The van der Waals surface area contributed by atoms with Crippen molar-refractivity contribution in [1.82, 2.24) is 20.4 Å². The van der Waals surface area contributed by atoms with E-state index in [1.165, 1.54) is 0 Å². The average molecular weight is 487 g/mol. The third kappa shape index (κ3) is 7.00. The zero-order chi connectivity index (χ0) is 18.9. The first-order valence-electron chi connectivity index (χ1n) is 9.15. The Morgan fingerprint density at radius 2 is 1.81 bits per heavy atom. The fraction of sp³-hybridized carbons (Fsp3) is 0.526. The van der Waals surface area contributed by atoms with Gasteiger partial charge in [0.05, 0.1) is 0 Å². The molecule has 0 radical (unpaired) electrons. The van der Waals surface area contributed by atoms with Crippen molar-refractivity contribution in [3.05, 3.63) is 35.4 Å². The molecule has 2 rings (SSSR count). The molecule has 0 spiro atoms. The molecule has 1 aliphatic rings. The number of aliphatic imine (C=N–C) groups is 1. The van der Waals surface area contributed by atoms with E-state index < -0.39 is 0 Å². The van der Waals surface area contributed by atoms with Crippen LogP contribution in [0.2, 0.25) is 0 Å². The van der Waals surface area contributed by atoms with Gasteiger partial charge in [0.25, 0.3) is 5.91 Å². The molecule has 1 fully saturated rings. The molecule has 2 N–H and O–H groups in total. The average Bonchev–Trinajstić information content (AvgIpc) is 2.67. The molecule has 0 aromatic heterocycles. The number of benzene rings is 1. The van der Waals surface area contributed by atoms with Gasteiger partial charge in [0.1, 0.15) is 0 Å². The van der Waals surface area contributed by atoms with Crippen LogP contribution >= 0.6 is 24.0 Å². The van der Waals surface area contributed by atoms with Crippen LogP contribution in [0.3, 0.4) is 0 Å². The van der Waals surface area contributed by atoms with Gasteiger partial charge in [0, 0.05) is 58.8 Å². The van der Waals surface area contributed by atoms with Crippen LogP contribution in [0.5, 0.6) is 0 Å². The van der Waals surface area contributed by atoms with E-state index in [1.807, 2.05) is 36.1 Å². The van der Waals surface area contributed by atoms with E-state index in [0.717, 1.165) is 50.7 Å². The van der Waals surface area contributed by atoms with E-state index >= 15 is 0 Å². The van der Waals surface area contributed by atoms with Crippen LogP contribution in [0.15, 0.2) is 29.3 Å². The Kier molecular flexibility index (Phi) is 10.1. The highest BCUT2D eigenvalue weighted by Crippen LogP contribution is 2.07. The van der Waals surface area contributed by atoms with Crippen molar-refractivity contribution in [2.24, 2.45) is 4.99 Å². The number of nitrogens with one attached hydrogen (secondary N) is 2. The molecule has 0 bridgehead atoms. The monoisotopic (exact) mass is 487 g/mol. The van der Waals surface area contributed by atoms with Crippen LogP contribution < -0.4 is 10.6 Å². The summed E-state index contributed by atoms with van der Waals surface area (Å²) in [5, 5.41) is 5.97. The third-order valence-electron chi connectivity index (χ3n) is 4.44. The second-order valence-corrected chi connectivity index (χ2v) is 6.26. The highest BCUT2D eigenvalue weighted by atomic mass is 127. The minimum atomic E-state index is -0.0768. The number of piperazine rings is 1. The van der Waals surface area contributed by atoms with Crippen molar-refractivity contribution in [2.45, 2.75) is 20.3 Å². The first kappa shape index (κ1) is 23.2. The Balaban J connectivity index is 0.00000364. The van der Waals surface area contributed by atoms with Crippen LogP contribution in [0.1, 0.15) is 29.8 Å².